The molecule has 0 spiro atoms. The average molecular weight is 245 g/mol. The van der Waals surface area contributed by atoms with Gasteiger partial charge in [-0.2, -0.15) is 0 Å². The molecule has 98 valence electrons. The molecule has 0 radical (unpaired) electrons. The molecule has 2 nitrogen and oxygen atoms in total. The summed E-state index contributed by atoms with van der Waals surface area (Å²) < 4.78 is 0. The van der Waals surface area contributed by atoms with Gasteiger partial charge in [0.05, 0.1) is 0 Å². The van der Waals surface area contributed by atoms with E-state index < -0.39 is 0 Å². The van der Waals surface area contributed by atoms with Gasteiger partial charge in [-0.05, 0) is 37.0 Å². The molecule has 0 saturated carbocycles. The summed E-state index contributed by atoms with van der Waals surface area (Å²) in [6.45, 7) is 9.85. The first-order valence-corrected chi connectivity index (χ1v) is 6.65. The Morgan fingerprint density at radius 3 is 2.17 bits per heavy atom. The Kier molecular flexibility index (Phi) is 5.63. The maximum Gasteiger partial charge on any atom is 0.246 e. The van der Waals surface area contributed by atoms with Crippen molar-refractivity contribution in [2.75, 3.05) is 13.1 Å². The van der Waals surface area contributed by atoms with Crippen molar-refractivity contribution in [3.05, 3.63) is 41.5 Å². The minimum Gasteiger partial charge on any atom is -0.340 e. The van der Waals surface area contributed by atoms with Crippen molar-refractivity contribution in [3.8, 4) is 0 Å². The number of nitrogens with zero attached hydrogens (tertiary/aromatic N) is 1. The van der Waals surface area contributed by atoms with E-state index in [4.69, 9.17) is 0 Å². The van der Waals surface area contributed by atoms with Crippen molar-refractivity contribution in [3.63, 3.8) is 0 Å². The van der Waals surface area contributed by atoms with Crippen molar-refractivity contribution < 1.29 is 4.79 Å². The average Bonchev–Trinajstić information content (AvgIpc) is 2.38. The van der Waals surface area contributed by atoms with Gasteiger partial charge in [0.2, 0.25) is 5.91 Å². The molecule has 0 fully saturated rings. The number of amides is 1. The molecule has 0 aliphatic carbocycles. The van der Waals surface area contributed by atoms with Crippen molar-refractivity contribution >= 4 is 12.0 Å². The number of benzene rings is 1. The normalized spacial score (nSPS) is 11.2. The fourth-order valence-corrected chi connectivity index (χ4v) is 1.80. The fourth-order valence-electron chi connectivity index (χ4n) is 1.80. The quantitative estimate of drug-likeness (QED) is 0.724. The van der Waals surface area contributed by atoms with Crippen LogP contribution in [-0.2, 0) is 4.79 Å². The first kappa shape index (κ1) is 14.5. The minimum atomic E-state index is 0.0768. The Bertz CT molecular complexity index is 400. The highest BCUT2D eigenvalue weighted by atomic mass is 16.2. The third-order valence-electron chi connectivity index (χ3n) is 3.10. The lowest BCUT2D eigenvalue weighted by atomic mass is 10.0. The summed E-state index contributed by atoms with van der Waals surface area (Å²) >= 11 is 0. The van der Waals surface area contributed by atoms with Crippen LogP contribution >= 0.6 is 0 Å². The highest BCUT2D eigenvalue weighted by Gasteiger charge is 2.04. The summed E-state index contributed by atoms with van der Waals surface area (Å²) in [5.74, 6) is 0.619. The molecule has 0 aromatic heterocycles. The Balaban J connectivity index is 2.69. The molecule has 0 bridgehead atoms. The molecule has 0 heterocycles. The molecule has 0 N–H and O–H groups in total. The van der Waals surface area contributed by atoms with E-state index in [1.54, 1.807) is 11.0 Å². The van der Waals surface area contributed by atoms with E-state index in [2.05, 4.69) is 38.1 Å². The Morgan fingerprint density at radius 1 is 1.17 bits per heavy atom. The molecule has 0 atom stereocenters. The fraction of sp³-hybridized carbons (Fsp3) is 0.438. The van der Waals surface area contributed by atoms with E-state index in [1.807, 2.05) is 19.9 Å². The second kappa shape index (κ2) is 7.00. The van der Waals surface area contributed by atoms with Gasteiger partial charge in [-0.15, -0.1) is 0 Å². The van der Waals surface area contributed by atoms with Gasteiger partial charge in [-0.3, -0.25) is 4.79 Å². The first-order valence-electron chi connectivity index (χ1n) is 6.65. The number of carbonyl (C=O) groups excluding carboxylic acids is 1. The van der Waals surface area contributed by atoms with E-state index in [0.29, 0.717) is 5.92 Å². The summed E-state index contributed by atoms with van der Waals surface area (Å²) in [6.07, 6.45) is 3.53. The van der Waals surface area contributed by atoms with Gasteiger partial charge in [0.15, 0.2) is 0 Å². The Morgan fingerprint density at radius 2 is 1.72 bits per heavy atom. The van der Waals surface area contributed by atoms with Crippen LogP contribution in [0.5, 0.6) is 0 Å². The summed E-state index contributed by atoms with van der Waals surface area (Å²) in [4.78, 5) is 13.6. The van der Waals surface area contributed by atoms with Crippen LogP contribution in [0.15, 0.2) is 30.3 Å². The summed E-state index contributed by atoms with van der Waals surface area (Å²) in [7, 11) is 0. The van der Waals surface area contributed by atoms with Crippen LogP contribution in [0.1, 0.15) is 44.7 Å². The van der Waals surface area contributed by atoms with Crippen molar-refractivity contribution in [2.45, 2.75) is 33.6 Å². The predicted octanol–water partition coefficient (Wildman–Crippen LogP) is 3.69. The van der Waals surface area contributed by atoms with Crippen molar-refractivity contribution in [2.24, 2.45) is 0 Å². The zero-order chi connectivity index (χ0) is 13.5. The van der Waals surface area contributed by atoms with Gasteiger partial charge < -0.3 is 4.90 Å². The second-order valence-corrected chi connectivity index (χ2v) is 4.67. The van der Waals surface area contributed by atoms with Gasteiger partial charge in [-0.25, -0.2) is 0 Å². The van der Waals surface area contributed by atoms with Gasteiger partial charge >= 0.3 is 0 Å². The number of hydrogen-bond acceptors (Lipinski definition) is 1. The maximum absolute atomic E-state index is 11.8. The zero-order valence-electron chi connectivity index (χ0n) is 11.8. The summed E-state index contributed by atoms with van der Waals surface area (Å²) in [5.41, 5.74) is 2.39. The maximum atomic E-state index is 11.8. The monoisotopic (exact) mass is 245 g/mol. The summed E-state index contributed by atoms with van der Waals surface area (Å²) in [6, 6.07) is 8.35. The lowest BCUT2D eigenvalue weighted by Gasteiger charge is -2.15. The zero-order valence-corrected chi connectivity index (χ0v) is 11.8. The van der Waals surface area contributed by atoms with E-state index in [-0.39, 0.29) is 5.91 Å². The van der Waals surface area contributed by atoms with Crippen LogP contribution < -0.4 is 0 Å². The first-order chi connectivity index (χ1) is 8.58. The minimum absolute atomic E-state index is 0.0768. The lowest BCUT2D eigenvalue weighted by Crippen LogP contribution is -2.28. The van der Waals surface area contributed by atoms with E-state index >= 15 is 0 Å². The van der Waals surface area contributed by atoms with Crippen molar-refractivity contribution in [1.82, 2.24) is 4.90 Å². The largest absolute Gasteiger partial charge is 0.340 e. The Labute approximate surface area is 110 Å². The van der Waals surface area contributed by atoms with E-state index in [9.17, 15) is 4.79 Å². The highest BCUT2D eigenvalue weighted by molar-refractivity contribution is 5.91. The Hall–Kier alpha value is -1.57. The molecule has 0 unspecified atom stereocenters. The van der Waals surface area contributed by atoms with Gasteiger partial charge in [0.1, 0.15) is 0 Å². The SMILES string of the molecule is CCN(CC)C(=O)/C=C\c1ccc(C(C)C)cc1. The van der Waals surface area contributed by atoms with Crippen LogP contribution in [0.4, 0.5) is 0 Å². The summed E-state index contributed by atoms with van der Waals surface area (Å²) in [5, 5.41) is 0. The lowest BCUT2D eigenvalue weighted by molar-refractivity contribution is -0.125. The van der Waals surface area contributed by atoms with E-state index in [0.717, 1.165) is 18.7 Å². The standard InChI is InChI=1S/C16H23NO/c1-5-17(6-2)16(18)12-9-14-7-10-15(11-8-14)13(3)4/h7-13H,5-6H2,1-4H3/b12-9-. The molecule has 1 rings (SSSR count). The molecule has 0 aliphatic heterocycles. The number of carbonyl (C=O) groups is 1. The smallest absolute Gasteiger partial charge is 0.246 e. The number of rotatable bonds is 5. The molecular weight excluding hydrogens is 222 g/mol. The van der Waals surface area contributed by atoms with Crippen LogP contribution in [0.2, 0.25) is 0 Å². The molecule has 18 heavy (non-hydrogen) atoms. The predicted molar refractivity (Wildman–Crippen MR) is 77.5 cm³/mol. The third kappa shape index (κ3) is 4.02. The second-order valence-electron chi connectivity index (χ2n) is 4.67. The van der Waals surface area contributed by atoms with Gasteiger partial charge in [-0.1, -0.05) is 38.1 Å². The molecule has 1 amide bonds. The molecule has 2 heteroatoms. The number of hydrogen-bond donors (Lipinski definition) is 0. The molecule has 0 aliphatic rings. The molecule has 0 saturated heterocycles. The van der Waals surface area contributed by atoms with Crippen LogP contribution in [0.25, 0.3) is 6.08 Å². The number of likely N-dealkylation sites (N-methyl/N-ethyl adjacent to an activating group) is 1. The molecule has 1 aromatic rings. The van der Waals surface area contributed by atoms with Gasteiger partial charge in [0, 0.05) is 19.2 Å². The van der Waals surface area contributed by atoms with Gasteiger partial charge in [0.25, 0.3) is 0 Å². The van der Waals surface area contributed by atoms with E-state index in [1.165, 1.54) is 5.56 Å². The topological polar surface area (TPSA) is 20.3 Å². The molecular formula is C16H23NO. The van der Waals surface area contributed by atoms with Crippen LogP contribution in [0, 0.1) is 0 Å². The molecule has 1 aromatic carbocycles. The van der Waals surface area contributed by atoms with Crippen molar-refractivity contribution in [1.29, 1.82) is 0 Å². The highest BCUT2D eigenvalue weighted by Crippen LogP contribution is 2.15. The van der Waals surface area contributed by atoms with Crippen LogP contribution in [0.3, 0.4) is 0 Å². The van der Waals surface area contributed by atoms with Crippen LogP contribution in [-0.4, -0.2) is 23.9 Å². The third-order valence-corrected chi connectivity index (χ3v) is 3.10.